The number of ketones is 1. The molecular formula is C21H29N3O3S. The van der Waals surface area contributed by atoms with Crippen LogP contribution < -0.4 is 4.90 Å². The van der Waals surface area contributed by atoms with Gasteiger partial charge in [0, 0.05) is 19.5 Å². The van der Waals surface area contributed by atoms with E-state index in [0.29, 0.717) is 54.3 Å². The molecule has 0 spiro atoms. The maximum atomic E-state index is 12.4. The van der Waals surface area contributed by atoms with E-state index in [0.717, 1.165) is 6.42 Å². The Balaban J connectivity index is 2.19. The Hall–Kier alpha value is -2.07. The van der Waals surface area contributed by atoms with Crippen molar-refractivity contribution in [3.8, 4) is 6.07 Å². The number of piperidine rings is 1. The number of carbonyl (C=O) groups is 2. The van der Waals surface area contributed by atoms with Crippen LogP contribution in [0.2, 0.25) is 0 Å². The summed E-state index contributed by atoms with van der Waals surface area (Å²) in [6, 6.07) is 3.86. The highest BCUT2D eigenvalue weighted by molar-refractivity contribution is 7.98. The second-order valence-electron chi connectivity index (χ2n) is 8.00. The molecule has 0 atom stereocenters. The summed E-state index contributed by atoms with van der Waals surface area (Å²) in [6.45, 7) is 8.82. The number of ether oxygens (including phenoxy) is 1. The van der Waals surface area contributed by atoms with Crippen molar-refractivity contribution < 1.29 is 14.3 Å². The van der Waals surface area contributed by atoms with Crippen LogP contribution in [0.25, 0.3) is 0 Å². The van der Waals surface area contributed by atoms with Crippen LogP contribution in [0.1, 0.15) is 69.3 Å². The first-order valence-electron chi connectivity index (χ1n) is 9.70. The summed E-state index contributed by atoms with van der Waals surface area (Å²) in [5.74, 6) is 0.325. The molecule has 7 heteroatoms. The molecule has 6 nitrogen and oxygen atoms in total. The molecule has 2 rings (SSSR count). The molecule has 0 aliphatic carbocycles. The minimum atomic E-state index is -0.488. The zero-order valence-corrected chi connectivity index (χ0v) is 18.2. The van der Waals surface area contributed by atoms with Crippen LogP contribution in [0.15, 0.2) is 11.1 Å². The van der Waals surface area contributed by atoms with Gasteiger partial charge in [-0.2, -0.15) is 5.26 Å². The van der Waals surface area contributed by atoms with Gasteiger partial charge in [0.15, 0.2) is 5.78 Å². The first-order valence-corrected chi connectivity index (χ1v) is 10.9. The van der Waals surface area contributed by atoms with E-state index in [9.17, 15) is 14.9 Å². The number of pyridine rings is 1. The number of Topliss-reactive ketones (excluding diaryl/α,β-unsaturated/α-hetero) is 1. The summed E-state index contributed by atoms with van der Waals surface area (Å²) in [6.07, 6.45) is 4.41. The van der Waals surface area contributed by atoms with Gasteiger partial charge in [0.25, 0.3) is 0 Å². The minimum absolute atomic E-state index is 0.0195. The van der Waals surface area contributed by atoms with Crippen molar-refractivity contribution in [1.29, 1.82) is 5.26 Å². The average molecular weight is 404 g/mol. The molecule has 1 fully saturated rings. The minimum Gasteiger partial charge on any atom is -0.460 e. The molecule has 1 aromatic heterocycles. The summed E-state index contributed by atoms with van der Waals surface area (Å²) < 4.78 is 5.50. The van der Waals surface area contributed by atoms with Crippen LogP contribution in [0.3, 0.4) is 0 Å². The van der Waals surface area contributed by atoms with Gasteiger partial charge in [-0.3, -0.25) is 9.59 Å². The second-order valence-corrected chi connectivity index (χ2v) is 8.79. The highest BCUT2D eigenvalue weighted by Crippen LogP contribution is 2.31. The highest BCUT2D eigenvalue weighted by atomic mass is 32.2. The third-order valence-corrected chi connectivity index (χ3v) is 5.29. The van der Waals surface area contributed by atoms with E-state index in [1.54, 1.807) is 6.07 Å². The van der Waals surface area contributed by atoms with Crippen molar-refractivity contribution in [3.05, 3.63) is 17.2 Å². The molecule has 1 saturated heterocycles. The Morgan fingerprint density at radius 2 is 2.00 bits per heavy atom. The van der Waals surface area contributed by atoms with E-state index in [1.165, 1.54) is 11.8 Å². The topological polar surface area (TPSA) is 83.3 Å². The number of rotatable bonds is 6. The number of aromatic nitrogens is 1. The third-order valence-electron chi connectivity index (χ3n) is 4.59. The highest BCUT2D eigenvalue weighted by Gasteiger charge is 2.30. The van der Waals surface area contributed by atoms with Crippen LogP contribution in [0, 0.1) is 17.2 Å². The van der Waals surface area contributed by atoms with Gasteiger partial charge in [-0.15, -0.1) is 11.8 Å². The van der Waals surface area contributed by atoms with E-state index in [2.05, 4.69) is 11.1 Å². The zero-order chi connectivity index (χ0) is 20.9. The van der Waals surface area contributed by atoms with Crippen molar-refractivity contribution in [3.63, 3.8) is 0 Å². The maximum absolute atomic E-state index is 12.4. The molecule has 152 valence electrons. The van der Waals surface area contributed by atoms with Crippen LogP contribution in [-0.2, 0) is 9.53 Å². The molecule has 1 aromatic rings. The lowest BCUT2D eigenvalue weighted by molar-refractivity contribution is -0.160. The number of carbonyl (C=O) groups excluding carboxylic acids is 2. The number of esters is 1. The monoisotopic (exact) mass is 403 g/mol. The summed E-state index contributed by atoms with van der Waals surface area (Å²) in [4.78, 5) is 31.4. The molecule has 2 heterocycles. The molecule has 0 unspecified atom stereocenters. The van der Waals surface area contributed by atoms with Crippen LogP contribution >= 0.6 is 11.8 Å². The number of hydrogen-bond acceptors (Lipinski definition) is 7. The van der Waals surface area contributed by atoms with Crippen LogP contribution in [0.5, 0.6) is 0 Å². The van der Waals surface area contributed by atoms with Gasteiger partial charge in [0.05, 0.1) is 17.0 Å². The van der Waals surface area contributed by atoms with E-state index >= 15 is 0 Å². The largest absolute Gasteiger partial charge is 0.460 e. The van der Waals surface area contributed by atoms with Crippen molar-refractivity contribution >= 4 is 29.3 Å². The summed E-state index contributed by atoms with van der Waals surface area (Å²) in [5.41, 5.74) is 0.448. The Kier molecular flexibility index (Phi) is 7.48. The van der Waals surface area contributed by atoms with E-state index in [-0.39, 0.29) is 17.7 Å². The molecule has 0 N–H and O–H groups in total. The smallest absolute Gasteiger partial charge is 0.309 e. The number of nitrogens with zero attached hydrogens (tertiary/aromatic N) is 3. The van der Waals surface area contributed by atoms with Crippen molar-refractivity contribution in [2.75, 3.05) is 24.2 Å². The van der Waals surface area contributed by atoms with Gasteiger partial charge in [-0.1, -0.05) is 6.92 Å². The molecule has 0 amide bonds. The quantitative estimate of drug-likeness (QED) is 0.399. The number of thioether (sulfide) groups is 1. The molecule has 28 heavy (non-hydrogen) atoms. The molecule has 1 aliphatic heterocycles. The predicted octanol–water partition coefficient (Wildman–Crippen LogP) is 4.22. The van der Waals surface area contributed by atoms with Gasteiger partial charge in [0.2, 0.25) is 0 Å². The molecule has 0 radical (unpaired) electrons. The SMILES string of the molecule is CCCC(=O)c1cc(C#N)c(N2CCC(C(=O)OC(C)(C)C)CC2)nc1SC. The fraction of sp³-hybridized carbons (Fsp3) is 0.619. The van der Waals surface area contributed by atoms with Gasteiger partial charge in [0.1, 0.15) is 22.5 Å². The van der Waals surface area contributed by atoms with Crippen molar-refractivity contribution in [2.45, 2.75) is 64.0 Å². The van der Waals surface area contributed by atoms with Gasteiger partial charge in [-0.05, 0) is 52.4 Å². The fourth-order valence-corrected chi connectivity index (χ4v) is 3.81. The molecule has 0 saturated carbocycles. The Morgan fingerprint density at radius 3 is 2.50 bits per heavy atom. The third kappa shape index (κ3) is 5.48. The predicted molar refractivity (Wildman–Crippen MR) is 111 cm³/mol. The van der Waals surface area contributed by atoms with Gasteiger partial charge >= 0.3 is 5.97 Å². The maximum Gasteiger partial charge on any atom is 0.309 e. The molecule has 1 aliphatic rings. The van der Waals surface area contributed by atoms with Crippen LogP contribution in [0.4, 0.5) is 5.82 Å². The Bertz CT molecular complexity index is 772. The summed E-state index contributed by atoms with van der Waals surface area (Å²) >= 11 is 1.42. The lowest BCUT2D eigenvalue weighted by Crippen LogP contribution is -2.39. The lowest BCUT2D eigenvalue weighted by Gasteiger charge is -2.33. The Morgan fingerprint density at radius 1 is 1.36 bits per heavy atom. The number of anilines is 1. The first kappa shape index (κ1) is 22.2. The molecule has 0 bridgehead atoms. The lowest BCUT2D eigenvalue weighted by atomic mass is 9.96. The van der Waals surface area contributed by atoms with E-state index < -0.39 is 5.60 Å². The van der Waals surface area contributed by atoms with Crippen molar-refractivity contribution in [2.24, 2.45) is 5.92 Å². The van der Waals surface area contributed by atoms with E-state index in [4.69, 9.17) is 4.74 Å². The van der Waals surface area contributed by atoms with Gasteiger partial charge < -0.3 is 9.64 Å². The number of hydrogen-bond donors (Lipinski definition) is 0. The zero-order valence-electron chi connectivity index (χ0n) is 17.4. The van der Waals surface area contributed by atoms with E-state index in [1.807, 2.05) is 38.9 Å². The standard InChI is InChI=1S/C21H29N3O3S/c1-6-7-17(25)16-12-15(13-22)18(23-19(16)28-5)24-10-8-14(9-11-24)20(26)27-21(2,3)4/h12,14H,6-11H2,1-5H3. The average Bonchev–Trinajstić information content (AvgIpc) is 2.65. The van der Waals surface area contributed by atoms with Gasteiger partial charge in [-0.25, -0.2) is 4.98 Å². The molecular weight excluding hydrogens is 374 g/mol. The number of nitriles is 1. The first-order chi connectivity index (χ1) is 13.2. The van der Waals surface area contributed by atoms with Crippen molar-refractivity contribution in [1.82, 2.24) is 4.98 Å². The normalized spacial score (nSPS) is 15.2. The summed E-state index contributed by atoms with van der Waals surface area (Å²) in [7, 11) is 0. The Labute approximate surface area is 171 Å². The second kappa shape index (κ2) is 9.42. The van der Waals surface area contributed by atoms with Crippen LogP contribution in [-0.4, -0.2) is 41.7 Å². The summed E-state index contributed by atoms with van der Waals surface area (Å²) in [5, 5.41) is 10.3. The fourth-order valence-electron chi connectivity index (χ4n) is 3.24. The molecule has 0 aromatic carbocycles.